The van der Waals surface area contributed by atoms with E-state index in [0.29, 0.717) is 6.42 Å². The van der Waals surface area contributed by atoms with Crippen molar-refractivity contribution in [1.82, 2.24) is 15.1 Å². The molecule has 5 nitrogen and oxygen atoms in total. The summed E-state index contributed by atoms with van der Waals surface area (Å²) in [5, 5.41) is 8.29. The van der Waals surface area contributed by atoms with Crippen LogP contribution in [0.3, 0.4) is 0 Å². The summed E-state index contributed by atoms with van der Waals surface area (Å²) in [5.74, 6) is 1.07. The van der Waals surface area contributed by atoms with Crippen LogP contribution in [0.25, 0.3) is 22.0 Å². The van der Waals surface area contributed by atoms with Gasteiger partial charge in [0.15, 0.2) is 5.75 Å². The lowest BCUT2D eigenvalue weighted by Crippen LogP contribution is -2.26. The van der Waals surface area contributed by atoms with Gasteiger partial charge in [0, 0.05) is 29.5 Å². The first-order valence-electron chi connectivity index (χ1n) is 13.4. The van der Waals surface area contributed by atoms with Crippen LogP contribution in [0.5, 0.6) is 11.5 Å². The van der Waals surface area contributed by atoms with Crippen molar-refractivity contribution in [2.75, 3.05) is 26.3 Å². The van der Waals surface area contributed by atoms with Crippen LogP contribution in [0.15, 0.2) is 66.9 Å². The molecule has 0 bridgehead atoms. The maximum absolute atomic E-state index is 13.0. The number of hydrogen-bond acceptors (Lipinski definition) is 4. The first-order valence-corrected chi connectivity index (χ1v) is 13.4. The molecule has 2 aliphatic rings. The van der Waals surface area contributed by atoms with Gasteiger partial charge in [0.1, 0.15) is 11.9 Å². The molecule has 6 rings (SSSR count). The van der Waals surface area contributed by atoms with Gasteiger partial charge in [-0.2, -0.15) is 5.10 Å². The molecule has 0 unspecified atom stereocenters. The third-order valence-corrected chi connectivity index (χ3v) is 7.68. The molecule has 1 atom stereocenters. The summed E-state index contributed by atoms with van der Waals surface area (Å²) in [4.78, 5) is 6.32. The molecule has 1 aliphatic heterocycles. The van der Waals surface area contributed by atoms with Crippen LogP contribution in [0.4, 0.5) is 8.92 Å². The highest BCUT2D eigenvalue weighted by molar-refractivity contribution is 6.01. The second-order valence-corrected chi connectivity index (χ2v) is 10.2. The number of nitrogens with zero attached hydrogens (tertiary/aromatic N) is 2. The molecule has 0 saturated carbocycles. The predicted octanol–water partition coefficient (Wildman–Crippen LogP) is 6.93. The van der Waals surface area contributed by atoms with Crippen molar-refractivity contribution >= 4 is 22.0 Å². The van der Waals surface area contributed by atoms with Gasteiger partial charge in [0.25, 0.3) is 0 Å². The van der Waals surface area contributed by atoms with Crippen LogP contribution >= 0.6 is 0 Å². The molecule has 1 N–H and O–H groups in total. The van der Waals surface area contributed by atoms with Crippen molar-refractivity contribution in [3.05, 3.63) is 89.1 Å². The fraction of sp³-hybridized carbons (Fsp3) is 0.323. The standard InChI is InChI=1S/C31H31F2N3O2/c32-14-2-15-36-16-13-27(20-36)37-25-8-5-21(6-9-25)31-28(23-7-12-30-24(17-23)19-34-35-30)4-1-3-22-18-26(38-33)10-11-29(22)31/h5-12,17-19,27H,1-4,13-16,20H2,(H,34,35)/t27-/m0/s1. The summed E-state index contributed by atoms with van der Waals surface area (Å²) >= 11 is 0. The molecule has 1 fully saturated rings. The molecule has 0 spiro atoms. The predicted molar refractivity (Wildman–Crippen MR) is 146 cm³/mol. The molecule has 1 aliphatic carbocycles. The molecule has 38 heavy (non-hydrogen) atoms. The smallest absolute Gasteiger partial charge is 0.172 e. The second-order valence-electron chi connectivity index (χ2n) is 10.2. The van der Waals surface area contributed by atoms with Crippen LogP contribution in [0, 0.1) is 0 Å². The first-order chi connectivity index (χ1) is 18.7. The van der Waals surface area contributed by atoms with E-state index >= 15 is 0 Å². The first kappa shape index (κ1) is 24.6. The number of aromatic nitrogens is 2. The SMILES string of the molecule is FCCCN1CC[C@H](Oc2ccc(C3=C(c4ccc5[nH]ncc5c4)CCCc4cc(OF)ccc43)cc2)C1. The Morgan fingerprint density at radius 1 is 0.974 bits per heavy atom. The van der Waals surface area contributed by atoms with Crippen LogP contribution in [0.2, 0.25) is 0 Å². The van der Waals surface area contributed by atoms with Gasteiger partial charge in [-0.15, -0.1) is 0 Å². The fourth-order valence-electron chi connectivity index (χ4n) is 5.83. The maximum atomic E-state index is 13.0. The van der Waals surface area contributed by atoms with Gasteiger partial charge < -0.3 is 4.74 Å². The second kappa shape index (κ2) is 11.0. The minimum atomic E-state index is -0.275. The Morgan fingerprint density at radius 3 is 2.66 bits per heavy atom. The zero-order valence-corrected chi connectivity index (χ0v) is 21.3. The van der Waals surface area contributed by atoms with Crippen LogP contribution in [-0.2, 0) is 6.42 Å². The van der Waals surface area contributed by atoms with Crippen molar-refractivity contribution in [3.63, 3.8) is 0 Å². The highest BCUT2D eigenvalue weighted by Crippen LogP contribution is 2.41. The van der Waals surface area contributed by atoms with Crippen LogP contribution < -0.4 is 9.68 Å². The summed E-state index contributed by atoms with van der Waals surface area (Å²) in [5.41, 5.74) is 7.84. The fourth-order valence-corrected chi connectivity index (χ4v) is 5.83. The number of allylic oxidation sites excluding steroid dienone is 1. The van der Waals surface area contributed by atoms with Crippen molar-refractivity contribution in [3.8, 4) is 11.5 Å². The number of halogens is 2. The maximum Gasteiger partial charge on any atom is 0.172 e. The average Bonchev–Trinajstić information content (AvgIpc) is 3.57. The molecule has 7 heteroatoms. The van der Waals surface area contributed by atoms with Crippen molar-refractivity contribution in [2.24, 2.45) is 0 Å². The van der Waals surface area contributed by atoms with E-state index in [0.717, 1.165) is 89.8 Å². The molecular formula is C31H31F2N3O2. The monoisotopic (exact) mass is 515 g/mol. The van der Waals surface area contributed by atoms with E-state index in [-0.39, 0.29) is 18.5 Å². The van der Waals surface area contributed by atoms with Crippen molar-refractivity contribution in [2.45, 2.75) is 38.2 Å². The Labute approximate surface area is 221 Å². The number of likely N-dealkylation sites (tertiary alicyclic amines) is 1. The molecule has 4 aromatic rings. The number of aryl methyl sites for hydroxylation is 1. The summed E-state index contributed by atoms with van der Waals surface area (Å²) in [6, 6.07) is 20.2. The number of nitrogens with one attached hydrogen (secondary N) is 1. The van der Waals surface area contributed by atoms with E-state index in [1.54, 1.807) is 6.07 Å². The van der Waals surface area contributed by atoms with Gasteiger partial charge >= 0.3 is 0 Å². The number of ether oxygens (including phenoxy) is 1. The molecule has 0 radical (unpaired) electrons. The normalized spacial score (nSPS) is 18.0. The van der Waals surface area contributed by atoms with Crippen LogP contribution in [-0.4, -0.2) is 47.5 Å². The van der Waals surface area contributed by atoms with Gasteiger partial charge in [-0.05, 0) is 102 Å². The lowest BCUT2D eigenvalue weighted by atomic mass is 9.87. The Balaban J connectivity index is 1.35. The lowest BCUT2D eigenvalue weighted by molar-refractivity contribution is -0.00629. The zero-order chi connectivity index (χ0) is 25.9. The Bertz CT molecular complexity index is 1450. The van der Waals surface area contributed by atoms with Crippen molar-refractivity contribution < 1.29 is 18.6 Å². The number of H-pyrrole nitrogens is 1. The van der Waals surface area contributed by atoms with E-state index in [1.165, 1.54) is 5.57 Å². The van der Waals surface area contributed by atoms with Gasteiger partial charge in [0.05, 0.1) is 18.4 Å². The van der Waals surface area contributed by atoms with Gasteiger partial charge in [-0.3, -0.25) is 19.3 Å². The highest BCUT2D eigenvalue weighted by Gasteiger charge is 2.24. The Morgan fingerprint density at radius 2 is 1.82 bits per heavy atom. The summed E-state index contributed by atoms with van der Waals surface area (Å²) in [6.45, 7) is 2.29. The van der Waals surface area contributed by atoms with Crippen LogP contribution in [0.1, 0.15) is 47.9 Å². The largest absolute Gasteiger partial charge is 0.489 e. The Hall–Kier alpha value is -3.71. The third kappa shape index (κ3) is 5.03. The summed E-state index contributed by atoms with van der Waals surface area (Å²) < 4.78 is 31.8. The number of benzene rings is 3. The molecular weight excluding hydrogens is 484 g/mol. The molecule has 196 valence electrons. The van der Waals surface area contributed by atoms with E-state index in [2.05, 4.69) is 50.4 Å². The quantitative estimate of drug-likeness (QED) is 0.276. The summed E-state index contributed by atoms with van der Waals surface area (Å²) in [6.07, 6.45) is 6.19. The highest BCUT2D eigenvalue weighted by atomic mass is 19.3. The van der Waals surface area contributed by atoms with Gasteiger partial charge in [-0.25, -0.2) is 0 Å². The zero-order valence-electron chi connectivity index (χ0n) is 21.3. The average molecular weight is 516 g/mol. The van der Waals surface area contributed by atoms with E-state index in [9.17, 15) is 8.92 Å². The number of alkyl halides is 1. The molecule has 3 aromatic carbocycles. The van der Waals surface area contributed by atoms with Crippen molar-refractivity contribution in [1.29, 1.82) is 0 Å². The number of fused-ring (bicyclic) bond motifs is 2. The molecule has 0 amide bonds. The van der Waals surface area contributed by atoms with E-state index in [4.69, 9.17) is 4.74 Å². The summed E-state index contributed by atoms with van der Waals surface area (Å²) in [7, 11) is 0. The number of rotatable bonds is 8. The van der Waals surface area contributed by atoms with E-state index in [1.807, 2.05) is 30.5 Å². The minimum Gasteiger partial charge on any atom is -0.489 e. The number of aromatic amines is 1. The molecule has 2 heterocycles. The molecule has 1 aromatic heterocycles. The minimum absolute atomic E-state index is 0.120. The lowest BCUT2D eigenvalue weighted by Gasteiger charge is -2.19. The Kier molecular flexibility index (Phi) is 7.10. The van der Waals surface area contributed by atoms with E-state index < -0.39 is 0 Å². The van der Waals surface area contributed by atoms with Gasteiger partial charge in [-0.1, -0.05) is 24.3 Å². The van der Waals surface area contributed by atoms with Gasteiger partial charge in [0.2, 0.25) is 0 Å². The molecule has 1 saturated heterocycles. The number of hydrogen-bond donors (Lipinski definition) is 1. The third-order valence-electron chi connectivity index (χ3n) is 7.68. The topological polar surface area (TPSA) is 50.4 Å².